The fourth-order valence-electron chi connectivity index (χ4n) is 7.52. The van der Waals surface area contributed by atoms with E-state index in [2.05, 4.69) is 170 Å². The quantitative estimate of drug-likeness (QED) is 0.183. The lowest BCUT2D eigenvalue weighted by Gasteiger charge is -2.18. The molecule has 3 aromatic heterocycles. The normalized spacial score (nSPS) is 11.7. The second kappa shape index (κ2) is 11.0. The average molecular weight is 624 g/mol. The van der Waals surface area contributed by atoms with Crippen LogP contribution in [0.5, 0.6) is 0 Å². The van der Waals surface area contributed by atoms with Crippen molar-refractivity contribution >= 4 is 48.9 Å². The van der Waals surface area contributed by atoms with Gasteiger partial charge >= 0.3 is 0 Å². The molecule has 0 bridgehead atoms. The van der Waals surface area contributed by atoms with Gasteiger partial charge in [0, 0.05) is 10.8 Å². The highest BCUT2D eigenvalue weighted by Crippen LogP contribution is 2.44. The van der Waals surface area contributed by atoms with Gasteiger partial charge in [0.05, 0.1) is 27.9 Å². The van der Waals surface area contributed by atoms with Crippen molar-refractivity contribution in [2.24, 2.45) is 0 Å². The lowest BCUT2D eigenvalue weighted by Crippen LogP contribution is -1.96. The molecule has 0 atom stereocenters. The molecule has 10 rings (SSSR count). The van der Waals surface area contributed by atoms with Crippen LogP contribution < -0.4 is 0 Å². The van der Waals surface area contributed by atoms with Gasteiger partial charge in [-0.1, -0.05) is 146 Å². The molecule has 0 N–H and O–H groups in total. The van der Waals surface area contributed by atoms with Crippen molar-refractivity contribution in [2.45, 2.75) is 0 Å². The Labute approximate surface area is 283 Å². The first-order valence-corrected chi connectivity index (χ1v) is 16.7. The third-order valence-electron chi connectivity index (χ3n) is 9.81. The third kappa shape index (κ3) is 4.44. The maximum absolute atomic E-state index is 5.25. The summed E-state index contributed by atoms with van der Waals surface area (Å²) in [4.78, 5) is 5.25. The van der Waals surface area contributed by atoms with E-state index in [1.54, 1.807) is 0 Å². The van der Waals surface area contributed by atoms with E-state index < -0.39 is 0 Å². The second-order valence-corrected chi connectivity index (χ2v) is 12.6. The van der Waals surface area contributed by atoms with Gasteiger partial charge in [-0.05, 0) is 85.3 Å². The molecular weight excluding hydrogens is 595 g/mol. The molecule has 49 heavy (non-hydrogen) atoms. The molecular formula is C46H29N3. The number of nitrogens with zero attached hydrogens (tertiary/aromatic N) is 3. The van der Waals surface area contributed by atoms with Crippen LogP contribution in [-0.2, 0) is 0 Å². The summed E-state index contributed by atoms with van der Waals surface area (Å²) in [7, 11) is 0. The van der Waals surface area contributed by atoms with Crippen LogP contribution >= 0.6 is 0 Å². The fourth-order valence-corrected chi connectivity index (χ4v) is 7.52. The Hall–Kier alpha value is -6.58. The van der Waals surface area contributed by atoms with Crippen molar-refractivity contribution in [3.8, 4) is 44.8 Å². The van der Waals surface area contributed by atoms with Crippen LogP contribution in [0.4, 0.5) is 0 Å². The van der Waals surface area contributed by atoms with Gasteiger partial charge in [-0.2, -0.15) is 5.10 Å². The molecule has 0 aliphatic rings. The minimum absolute atomic E-state index is 0.895. The summed E-state index contributed by atoms with van der Waals surface area (Å²) in [5, 5.41) is 12.1. The van der Waals surface area contributed by atoms with E-state index >= 15 is 0 Å². The molecule has 3 nitrogen and oxygen atoms in total. The van der Waals surface area contributed by atoms with E-state index in [0.29, 0.717) is 0 Å². The standard InChI is InChI=1S/C46H29N3/c1-2-11-30(12-3-1)31-21-24-33(25-22-31)45-35-13-4-6-15-37(35)46(38-16-7-5-14-36(38)45)34-26-23-32-27-28-41(47-42(32)29-34)44-20-10-19-43-39-17-8-9-18-40(39)48-49(43)44/h1-29H. The zero-order valence-corrected chi connectivity index (χ0v) is 26.6. The Balaban J connectivity index is 1.15. The molecule has 228 valence electrons. The summed E-state index contributed by atoms with van der Waals surface area (Å²) >= 11 is 0. The highest BCUT2D eigenvalue weighted by atomic mass is 15.2. The number of hydrogen-bond donors (Lipinski definition) is 0. The minimum Gasteiger partial charge on any atom is -0.246 e. The Kier molecular flexibility index (Phi) is 6.18. The predicted molar refractivity (Wildman–Crippen MR) is 205 cm³/mol. The van der Waals surface area contributed by atoms with Crippen LogP contribution in [0.3, 0.4) is 0 Å². The largest absolute Gasteiger partial charge is 0.246 e. The molecule has 0 amide bonds. The number of benzene rings is 7. The summed E-state index contributed by atoms with van der Waals surface area (Å²) in [6.45, 7) is 0. The van der Waals surface area contributed by atoms with Crippen LogP contribution in [0.1, 0.15) is 0 Å². The van der Waals surface area contributed by atoms with Crippen LogP contribution in [-0.4, -0.2) is 14.6 Å². The number of hydrogen-bond acceptors (Lipinski definition) is 2. The molecule has 0 saturated carbocycles. The summed E-state index contributed by atoms with van der Waals surface area (Å²) in [6, 6.07) is 62.8. The van der Waals surface area contributed by atoms with Crippen LogP contribution in [0.25, 0.3) is 93.6 Å². The molecule has 0 saturated heterocycles. The summed E-state index contributed by atoms with van der Waals surface area (Å²) in [5.74, 6) is 0. The van der Waals surface area contributed by atoms with Crippen LogP contribution in [0, 0.1) is 0 Å². The molecule has 0 radical (unpaired) electrons. The van der Waals surface area contributed by atoms with Gasteiger partial charge in [0.2, 0.25) is 0 Å². The van der Waals surface area contributed by atoms with E-state index in [0.717, 1.165) is 44.3 Å². The molecule has 3 heteroatoms. The topological polar surface area (TPSA) is 30.2 Å². The number of pyridine rings is 2. The third-order valence-corrected chi connectivity index (χ3v) is 9.81. The van der Waals surface area contributed by atoms with E-state index in [9.17, 15) is 0 Å². The Bertz CT molecular complexity index is 2810. The minimum atomic E-state index is 0.895. The highest BCUT2D eigenvalue weighted by Gasteiger charge is 2.17. The van der Waals surface area contributed by atoms with E-state index in [1.807, 2.05) is 10.6 Å². The zero-order valence-electron chi connectivity index (χ0n) is 26.6. The van der Waals surface area contributed by atoms with Gasteiger partial charge in [0.1, 0.15) is 0 Å². The smallest absolute Gasteiger partial charge is 0.0934 e. The maximum Gasteiger partial charge on any atom is 0.0934 e. The highest BCUT2D eigenvalue weighted by molar-refractivity contribution is 6.21. The van der Waals surface area contributed by atoms with Gasteiger partial charge in [-0.15, -0.1) is 0 Å². The Morgan fingerprint density at radius 2 is 0.918 bits per heavy atom. The summed E-state index contributed by atoms with van der Waals surface area (Å²) in [5.41, 5.74) is 12.2. The van der Waals surface area contributed by atoms with Gasteiger partial charge in [0.15, 0.2) is 0 Å². The van der Waals surface area contributed by atoms with Crippen LogP contribution in [0.2, 0.25) is 0 Å². The lowest BCUT2D eigenvalue weighted by atomic mass is 9.85. The van der Waals surface area contributed by atoms with Crippen molar-refractivity contribution < 1.29 is 0 Å². The van der Waals surface area contributed by atoms with E-state index in [4.69, 9.17) is 10.1 Å². The molecule has 0 aliphatic heterocycles. The molecule has 7 aromatic carbocycles. The van der Waals surface area contributed by atoms with Gasteiger partial charge in [0.25, 0.3) is 0 Å². The molecule has 0 aliphatic carbocycles. The first kappa shape index (κ1) is 27.5. The lowest BCUT2D eigenvalue weighted by molar-refractivity contribution is 0.984. The SMILES string of the molecule is c1ccc(-c2ccc(-c3c4ccccc4c(-c4ccc5ccc(-c6cccc7c8ccccc8nn67)nc5c4)c4ccccc34)cc2)cc1. The number of rotatable bonds is 4. The van der Waals surface area contributed by atoms with Crippen molar-refractivity contribution in [3.05, 3.63) is 176 Å². The molecule has 3 heterocycles. The Morgan fingerprint density at radius 3 is 1.63 bits per heavy atom. The van der Waals surface area contributed by atoms with Crippen molar-refractivity contribution in [3.63, 3.8) is 0 Å². The van der Waals surface area contributed by atoms with E-state index in [-0.39, 0.29) is 0 Å². The molecule has 0 fully saturated rings. The first-order chi connectivity index (χ1) is 24.3. The van der Waals surface area contributed by atoms with Crippen molar-refractivity contribution in [1.82, 2.24) is 14.6 Å². The second-order valence-electron chi connectivity index (χ2n) is 12.6. The molecule has 10 aromatic rings. The number of fused-ring (bicyclic) bond motifs is 6. The average Bonchev–Trinajstić information content (AvgIpc) is 3.56. The van der Waals surface area contributed by atoms with Gasteiger partial charge in [-0.3, -0.25) is 0 Å². The zero-order chi connectivity index (χ0) is 32.3. The molecule has 0 spiro atoms. The van der Waals surface area contributed by atoms with Crippen molar-refractivity contribution in [1.29, 1.82) is 0 Å². The van der Waals surface area contributed by atoms with Gasteiger partial charge in [-0.25, -0.2) is 9.50 Å². The first-order valence-electron chi connectivity index (χ1n) is 16.7. The monoisotopic (exact) mass is 623 g/mol. The fraction of sp³-hybridized carbons (Fsp3) is 0. The number of aromatic nitrogens is 3. The summed E-state index contributed by atoms with van der Waals surface area (Å²) in [6.07, 6.45) is 0. The van der Waals surface area contributed by atoms with Crippen LogP contribution in [0.15, 0.2) is 176 Å². The molecule has 0 unspecified atom stereocenters. The van der Waals surface area contributed by atoms with E-state index in [1.165, 1.54) is 49.4 Å². The summed E-state index contributed by atoms with van der Waals surface area (Å²) < 4.78 is 2.02. The Morgan fingerprint density at radius 1 is 0.367 bits per heavy atom. The predicted octanol–water partition coefficient (Wildman–Crippen LogP) is 12.0. The van der Waals surface area contributed by atoms with Crippen molar-refractivity contribution in [2.75, 3.05) is 0 Å². The maximum atomic E-state index is 5.25. The van der Waals surface area contributed by atoms with Gasteiger partial charge < -0.3 is 0 Å².